The maximum Gasteiger partial charge on any atom is 0.324 e. The molecule has 7 heteroatoms. The average Bonchev–Trinajstić information content (AvgIpc) is 3.02. The van der Waals surface area contributed by atoms with E-state index in [9.17, 15) is 14.9 Å². The molecule has 6 nitrogen and oxygen atoms in total. The molecule has 0 spiro atoms. The van der Waals surface area contributed by atoms with Gasteiger partial charge in [0, 0.05) is 24.5 Å². The van der Waals surface area contributed by atoms with Crippen LogP contribution in [0.25, 0.3) is 0 Å². The Balaban J connectivity index is 1.60. The van der Waals surface area contributed by atoms with Crippen LogP contribution in [0.4, 0.5) is 5.00 Å². The van der Waals surface area contributed by atoms with Crippen LogP contribution in [-0.4, -0.2) is 22.9 Å². The molecule has 1 aromatic heterocycles. The van der Waals surface area contributed by atoms with Gasteiger partial charge in [-0.25, -0.2) is 0 Å². The van der Waals surface area contributed by atoms with Gasteiger partial charge in [-0.1, -0.05) is 24.2 Å². The molecule has 22 heavy (non-hydrogen) atoms. The lowest BCUT2D eigenvalue weighted by atomic mass is 9.95. The first-order chi connectivity index (χ1) is 10.6. The summed E-state index contributed by atoms with van der Waals surface area (Å²) in [5.41, 5.74) is 0.379. The Labute approximate surface area is 133 Å². The van der Waals surface area contributed by atoms with E-state index < -0.39 is 5.54 Å². The molecule has 1 heterocycles. The lowest BCUT2D eigenvalue weighted by Crippen LogP contribution is -2.55. The first-order valence-electron chi connectivity index (χ1n) is 7.84. The van der Waals surface area contributed by atoms with Crippen LogP contribution in [0.15, 0.2) is 11.4 Å². The highest BCUT2D eigenvalue weighted by Crippen LogP contribution is 2.32. The van der Waals surface area contributed by atoms with Gasteiger partial charge in [-0.15, -0.1) is 0 Å². The van der Waals surface area contributed by atoms with Crippen molar-refractivity contribution >= 4 is 22.2 Å². The zero-order chi connectivity index (χ0) is 15.6. The molecule has 2 N–H and O–H groups in total. The minimum Gasteiger partial charge on any atom is -0.354 e. The molecule has 0 bridgehead atoms. The Morgan fingerprint density at radius 3 is 2.73 bits per heavy atom. The summed E-state index contributed by atoms with van der Waals surface area (Å²) in [5.74, 6) is 0.767. The largest absolute Gasteiger partial charge is 0.354 e. The molecule has 0 unspecified atom stereocenters. The monoisotopic (exact) mass is 323 g/mol. The number of nitrogens with zero attached hydrogens (tertiary/aromatic N) is 1. The van der Waals surface area contributed by atoms with Gasteiger partial charge in [-0.2, -0.15) is 0 Å². The van der Waals surface area contributed by atoms with E-state index in [1.807, 2.05) is 0 Å². The summed E-state index contributed by atoms with van der Waals surface area (Å²) in [6.07, 6.45) is 6.23. The van der Waals surface area contributed by atoms with Gasteiger partial charge in [-0.3, -0.25) is 20.2 Å². The average molecular weight is 323 g/mol. The van der Waals surface area contributed by atoms with Gasteiger partial charge in [0.1, 0.15) is 0 Å². The van der Waals surface area contributed by atoms with Crippen molar-refractivity contribution in [3.05, 3.63) is 27.1 Å². The predicted molar refractivity (Wildman–Crippen MR) is 84.7 cm³/mol. The predicted octanol–water partition coefficient (Wildman–Crippen LogP) is 2.58. The molecule has 120 valence electrons. The third-order valence-corrected chi connectivity index (χ3v) is 5.52. The van der Waals surface area contributed by atoms with Crippen LogP contribution < -0.4 is 10.6 Å². The summed E-state index contributed by atoms with van der Waals surface area (Å²) in [6, 6.07) is 1.59. The highest BCUT2D eigenvalue weighted by Gasteiger charge is 2.41. The second-order valence-electron chi connectivity index (χ2n) is 6.35. The van der Waals surface area contributed by atoms with Crippen molar-refractivity contribution in [2.24, 2.45) is 5.92 Å². The molecular weight excluding hydrogens is 302 g/mol. The zero-order valence-corrected chi connectivity index (χ0v) is 13.3. The minimum absolute atomic E-state index is 0.0987. The lowest BCUT2D eigenvalue weighted by Gasteiger charge is -2.29. The number of rotatable bonds is 7. The molecule has 0 atom stereocenters. The first kappa shape index (κ1) is 15.4. The van der Waals surface area contributed by atoms with Crippen LogP contribution in [-0.2, 0) is 11.3 Å². The van der Waals surface area contributed by atoms with Gasteiger partial charge < -0.3 is 5.32 Å². The molecule has 0 aliphatic heterocycles. The van der Waals surface area contributed by atoms with Gasteiger partial charge in [0.15, 0.2) is 0 Å². The molecule has 0 aromatic carbocycles. The van der Waals surface area contributed by atoms with Gasteiger partial charge >= 0.3 is 5.00 Å². The van der Waals surface area contributed by atoms with E-state index >= 15 is 0 Å². The van der Waals surface area contributed by atoms with Crippen LogP contribution in [0, 0.1) is 16.0 Å². The molecule has 2 saturated carbocycles. The second-order valence-corrected chi connectivity index (χ2v) is 7.24. The van der Waals surface area contributed by atoms with Gasteiger partial charge in [-0.05, 0) is 37.2 Å². The molecule has 2 aliphatic rings. The van der Waals surface area contributed by atoms with Crippen molar-refractivity contribution < 1.29 is 9.72 Å². The van der Waals surface area contributed by atoms with Crippen molar-refractivity contribution in [2.45, 2.75) is 50.6 Å². The molecule has 2 aliphatic carbocycles. The number of thiophene rings is 1. The Hall–Kier alpha value is -1.47. The molecule has 1 amide bonds. The minimum atomic E-state index is -0.494. The molecule has 0 saturated heterocycles. The summed E-state index contributed by atoms with van der Waals surface area (Å²) >= 11 is 1.13. The number of hydrogen-bond acceptors (Lipinski definition) is 5. The van der Waals surface area contributed by atoms with Crippen LogP contribution in [0.3, 0.4) is 0 Å². The summed E-state index contributed by atoms with van der Waals surface area (Å²) in [6.45, 7) is 1.29. The maximum atomic E-state index is 12.6. The molecular formula is C15H21N3O3S. The van der Waals surface area contributed by atoms with Crippen molar-refractivity contribution in [1.82, 2.24) is 10.6 Å². The number of amides is 1. The Morgan fingerprint density at radius 1 is 1.41 bits per heavy atom. The first-order valence-corrected chi connectivity index (χ1v) is 8.72. The Kier molecular flexibility index (Phi) is 4.44. The highest BCUT2D eigenvalue weighted by molar-refractivity contribution is 7.13. The molecule has 2 fully saturated rings. The standard InChI is InChI=1S/C15H21N3O3S/c19-14(16-8-11-3-4-11)15(5-1-2-6-15)17-9-12-7-13(18(20)21)22-10-12/h7,10-11,17H,1-6,8-9H2,(H,16,19). The van der Waals surface area contributed by atoms with Crippen LogP contribution in [0.2, 0.25) is 0 Å². The number of carbonyl (C=O) groups excluding carboxylic acids is 1. The fraction of sp³-hybridized carbons (Fsp3) is 0.667. The van der Waals surface area contributed by atoms with Crippen molar-refractivity contribution in [3.63, 3.8) is 0 Å². The van der Waals surface area contributed by atoms with E-state index in [1.165, 1.54) is 12.8 Å². The van der Waals surface area contributed by atoms with Crippen molar-refractivity contribution in [2.75, 3.05) is 6.54 Å². The summed E-state index contributed by atoms with van der Waals surface area (Å²) < 4.78 is 0. The Bertz CT molecular complexity index is 562. The molecule has 1 aromatic rings. The number of hydrogen-bond donors (Lipinski definition) is 2. The van der Waals surface area contributed by atoms with Gasteiger partial charge in [0.2, 0.25) is 5.91 Å². The van der Waals surface area contributed by atoms with E-state index in [0.29, 0.717) is 12.5 Å². The lowest BCUT2D eigenvalue weighted by molar-refractivity contribution is -0.380. The summed E-state index contributed by atoms with van der Waals surface area (Å²) in [5, 5.41) is 19.1. The highest BCUT2D eigenvalue weighted by atomic mass is 32.1. The van der Waals surface area contributed by atoms with Crippen LogP contribution in [0.1, 0.15) is 44.1 Å². The topological polar surface area (TPSA) is 84.3 Å². The maximum absolute atomic E-state index is 12.6. The SMILES string of the molecule is O=C(NCC1CC1)C1(NCc2csc([N+](=O)[O-])c2)CCCC1. The number of nitro groups is 1. The summed E-state index contributed by atoms with van der Waals surface area (Å²) in [7, 11) is 0. The third-order valence-electron chi connectivity index (χ3n) is 4.59. The second kappa shape index (κ2) is 6.34. The summed E-state index contributed by atoms with van der Waals surface area (Å²) in [4.78, 5) is 22.9. The fourth-order valence-electron chi connectivity index (χ4n) is 3.01. The number of carbonyl (C=O) groups is 1. The Morgan fingerprint density at radius 2 is 2.14 bits per heavy atom. The van der Waals surface area contributed by atoms with Gasteiger partial charge in [0.05, 0.1) is 10.5 Å². The fourth-order valence-corrected chi connectivity index (χ4v) is 3.74. The van der Waals surface area contributed by atoms with Crippen LogP contribution >= 0.6 is 11.3 Å². The normalized spacial score (nSPS) is 20.0. The molecule has 0 radical (unpaired) electrons. The van der Waals surface area contributed by atoms with E-state index in [4.69, 9.17) is 0 Å². The number of nitrogens with one attached hydrogen (secondary N) is 2. The van der Waals surface area contributed by atoms with Crippen molar-refractivity contribution in [1.29, 1.82) is 0 Å². The smallest absolute Gasteiger partial charge is 0.324 e. The quantitative estimate of drug-likeness (QED) is 0.596. The van der Waals surface area contributed by atoms with Gasteiger partial charge in [0.25, 0.3) is 0 Å². The van der Waals surface area contributed by atoms with Crippen molar-refractivity contribution in [3.8, 4) is 0 Å². The van der Waals surface area contributed by atoms with E-state index in [-0.39, 0.29) is 15.8 Å². The van der Waals surface area contributed by atoms with E-state index in [2.05, 4.69) is 10.6 Å². The third kappa shape index (κ3) is 3.47. The van der Waals surface area contributed by atoms with E-state index in [0.717, 1.165) is 49.1 Å². The molecule has 3 rings (SSSR count). The zero-order valence-electron chi connectivity index (χ0n) is 12.5. The van der Waals surface area contributed by atoms with Crippen LogP contribution in [0.5, 0.6) is 0 Å². The van der Waals surface area contributed by atoms with E-state index in [1.54, 1.807) is 11.4 Å².